The van der Waals surface area contributed by atoms with Gasteiger partial charge in [-0.2, -0.15) is 0 Å². The summed E-state index contributed by atoms with van der Waals surface area (Å²) in [6, 6.07) is 4.54. The topological polar surface area (TPSA) is 50.4 Å². The Morgan fingerprint density at radius 2 is 2.26 bits per heavy atom. The molecule has 4 heteroatoms. The Bertz CT molecular complexity index is 493. The number of anilines is 1. The van der Waals surface area contributed by atoms with E-state index in [2.05, 4.69) is 16.7 Å². The Hall–Kier alpha value is -1.55. The molecule has 19 heavy (non-hydrogen) atoms. The molecule has 2 heterocycles. The van der Waals surface area contributed by atoms with E-state index in [0.717, 1.165) is 30.0 Å². The Morgan fingerprint density at radius 3 is 3.00 bits per heavy atom. The Kier molecular flexibility index (Phi) is 3.42. The zero-order valence-corrected chi connectivity index (χ0v) is 11.3. The summed E-state index contributed by atoms with van der Waals surface area (Å²) in [7, 11) is 1.68. The summed E-state index contributed by atoms with van der Waals surface area (Å²) in [5.41, 5.74) is 3.27. The number of hydrogen-bond donors (Lipinski definition) is 2. The van der Waals surface area contributed by atoms with Crippen molar-refractivity contribution in [2.45, 2.75) is 38.1 Å². The van der Waals surface area contributed by atoms with Crippen LogP contribution in [0.15, 0.2) is 12.1 Å². The van der Waals surface area contributed by atoms with Crippen LogP contribution in [0, 0.1) is 0 Å². The zero-order valence-electron chi connectivity index (χ0n) is 11.3. The second kappa shape index (κ2) is 5.21. The smallest absolute Gasteiger partial charge is 0.228 e. The van der Waals surface area contributed by atoms with E-state index < -0.39 is 0 Å². The van der Waals surface area contributed by atoms with E-state index in [-0.39, 0.29) is 5.91 Å². The van der Waals surface area contributed by atoms with Gasteiger partial charge in [0.15, 0.2) is 0 Å². The lowest BCUT2D eigenvalue weighted by Crippen LogP contribution is -2.35. The first-order valence-corrected chi connectivity index (χ1v) is 6.99. The van der Waals surface area contributed by atoms with Crippen molar-refractivity contribution in [3.05, 3.63) is 23.3 Å². The number of rotatable bonds is 3. The van der Waals surface area contributed by atoms with Crippen molar-refractivity contribution < 1.29 is 9.53 Å². The minimum absolute atomic E-state index is 0.0844. The molecule has 1 aromatic carbocycles. The maximum atomic E-state index is 11.6. The van der Waals surface area contributed by atoms with Crippen LogP contribution < -0.4 is 15.4 Å². The number of carbonyl (C=O) groups excluding carboxylic acids is 1. The van der Waals surface area contributed by atoms with Crippen molar-refractivity contribution in [3.63, 3.8) is 0 Å². The molecule has 0 aromatic heterocycles. The molecule has 4 nitrogen and oxygen atoms in total. The summed E-state index contributed by atoms with van der Waals surface area (Å²) in [6.45, 7) is 1.10. The maximum Gasteiger partial charge on any atom is 0.228 e. The lowest BCUT2D eigenvalue weighted by molar-refractivity contribution is -0.115. The number of amides is 1. The number of nitrogens with one attached hydrogen (secondary N) is 2. The first kappa shape index (κ1) is 12.5. The second-order valence-corrected chi connectivity index (χ2v) is 5.40. The molecule has 0 spiro atoms. The third kappa shape index (κ3) is 2.59. The molecule has 1 atom stereocenters. The molecule has 0 radical (unpaired) electrons. The fourth-order valence-corrected chi connectivity index (χ4v) is 3.03. The summed E-state index contributed by atoms with van der Waals surface area (Å²) in [5, 5.41) is 6.54. The lowest BCUT2D eigenvalue weighted by atomic mass is 9.95. The van der Waals surface area contributed by atoms with Gasteiger partial charge in [0, 0.05) is 11.7 Å². The number of fused-ring (bicyclic) bond motifs is 1. The molecule has 0 aliphatic carbocycles. The number of benzene rings is 1. The van der Waals surface area contributed by atoms with Crippen molar-refractivity contribution in [1.82, 2.24) is 5.32 Å². The molecule has 2 aliphatic rings. The molecule has 3 rings (SSSR count). The van der Waals surface area contributed by atoms with Gasteiger partial charge in [0.25, 0.3) is 0 Å². The first-order chi connectivity index (χ1) is 9.26. The molecular weight excluding hydrogens is 240 g/mol. The van der Waals surface area contributed by atoms with Crippen LogP contribution in [0.4, 0.5) is 5.69 Å². The average Bonchev–Trinajstić information content (AvgIpc) is 2.80. The van der Waals surface area contributed by atoms with E-state index in [1.807, 2.05) is 6.07 Å². The van der Waals surface area contributed by atoms with Gasteiger partial charge in [-0.3, -0.25) is 4.79 Å². The minimum atomic E-state index is 0.0844. The van der Waals surface area contributed by atoms with E-state index in [1.165, 1.54) is 24.8 Å². The van der Waals surface area contributed by atoms with E-state index in [0.29, 0.717) is 12.5 Å². The van der Waals surface area contributed by atoms with Gasteiger partial charge in [0.1, 0.15) is 5.75 Å². The molecule has 1 amide bonds. The third-order valence-electron chi connectivity index (χ3n) is 4.01. The van der Waals surface area contributed by atoms with E-state index in [4.69, 9.17) is 4.74 Å². The Morgan fingerprint density at radius 1 is 1.37 bits per heavy atom. The fraction of sp³-hybridized carbons (Fsp3) is 0.533. The number of ether oxygens (including phenoxy) is 1. The zero-order chi connectivity index (χ0) is 13.2. The van der Waals surface area contributed by atoms with Crippen LogP contribution in [0.2, 0.25) is 0 Å². The molecule has 1 fully saturated rings. The number of carbonyl (C=O) groups is 1. The highest BCUT2D eigenvalue weighted by molar-refractivity contribution is 6.00. The molecular formula is C15H20N2O2. The molecule has 102 valence electrons. The van der Waals surface area contributed by atoms with Gasteiger partial charge in [-0.25, -0.2) is 0 Å². The summed E-state index contributed by atoms with van der Waals surface area (Å²) >= 11 is 0. The SMILES string of the molecule is COc1cc2c(c(CC3CCCCN3)c1)NC(=O)C2. The van der Waals surface area contributed by atoms with Crippen LogP contribution in [0.25, 0.3) is 0 Å². The van der Waals surface area contributed by atoms with Gasteiger partial charge in [0.2, 0.25) is 5.91 Å². The van der Waals surface area contributed by atoms with Gasteiger partial charge in [-0.1, -0.05) is 6.42 Å². The molecule has 1 unspecified atom stereocenters. The predicted octanol–water partition coefficient (Wildman–Crippen LogP) is 1.87. The number of hydrogen-bond acceptors (Lipinski definition) is 3. The standard InChI is InChI=1S/C15H20N2O2/c1-19-13-7-10(6-12-4-2-3-5-16-12)15-11(8-13)9-14(18)17-15/h7-8,12,16H,2-6,9H2,1H3,(H,17,18). The second-order valence-electron chi connectivity index (χ2n) is 5.40. The third-order valence-corrected chi connectivity index (χ3v) is 4.01. The highest BCUT2D eigenvalue weighted by Gasteiger charge is 2.24. The lowest BCUT2D eigenvalue weighted by Gasteiger charge is -2.24. The molecule has 0 bridgehead atoms. The van der Waals surface area contributed by atoms with Gasteiger partial charge >= 0.3 is 0 Å². The van der Waals surface area contributed by atoms with Crippen LogP contribution in [-0.4, -0.2) is 25.6 Å². The van der Waals surface area contributed by atoms with Gasteiger partial charge in [-0.05, 0) is 49.1 Å². The van der Waals surface area contributed by atoms with Crippen molar-refractivity contribution in [3.8, 4) is 5.75 Å². The fourth-order valence-electron chi connectivity index (χ4n) is 3.03. The quantitative estimate of drug-likeness (QED) is 0.872. The summed E-state index contributed by atoms with van der Waals surface area (Å²) in [6.07, 6.45) is 5.19. The van der Waals surface area contributed by atoms with Gasteiger partial charge in [0.05, 0.1) is 13.5 Å². The molecule has 1 saturated heterocycles. The van der Waals surface area contributed by atoms with Crippen molar-refractivity contribution in [2.24, 2.45) is 0 Å². The van der Waals surface area contributed by atoms with Crippen LogP contribution >= 0.6 is 0 Å². The molecule has 2 aliphatic heterocycles. The van der Waals surface area contributed by atoms with Crippen LogP contribution in [0.3, 0.4) is 0 Å². The normalized spacial score (nSPS) is 21.9. The molecule has 2 N–H and O–H groups in total. The van der Waals surface area contributed by atoms with Crippen LogP contribution in [0.5, 0.6) is 5.75 Å². The minimum Gasteiger partial charge on any atom is -0.497 e. The summed E-state index contributed by atoms with van der Waals surface area (Å²) in [5.74, 6) is 0.933. The van der Waals surface area contributed by atoms with E-state index >= 15 is 0 Å². The Labute approximate surface area is 113 Å². The van der Waals surface area contributed by atoms with Crippen molar-refractivity contribution in [2.75, 3.05) is 19.0 Å². The maximum absolute atomic E-state index is 11.6. The monoisotopic (exact) mass is 260 g/mol. The Balaban J connectivity index is 1.87. The molecule has 1 aromatic rings. The highest BCUT2D eigenvalue weighted by atomic mass is 16.5. The number of piperidine rings is 1. The summed E-state index contributed by atoms with van der Waals surface area (Å²) in [4.78, 5) is 11.6. The summed E-state index contributed by atoms with van der Waals surface area (Å²) < 4.78 is 5.35. The largest absolute Gasteiger partial charge is 0.497 e. The highest BCUT2D eigenvalue weighted by Crippen LogP contribution is 2.33. The predicted molar refractivity (Wildman–Crippen MR) is 74.7 cm³/mol. The van der Waals surface area contributed by atoms with Gasteiger partial charge < -0.3 is 15.4 Å². The van der Waals surface area contributed by atoms with Crippen molar-refractivity contribution >= 4 is 11.6 Å². The van der Waals surface area contributed by atoms with Gasteiger partial charge in [-0.15, -0.1) is 0 Å². The average molecular weight is 260 g/mol. The van der Waals surface area contributed by atoms with E-state index in [9.17, 15) is 4.79 Å². The number of methoxy groups -OCH3 is 1. The van der Waals surface area contributed by atoms with Crippen LogP contribution in [-0.2, 0) is 17.6 Å². The first-order valence-electron chi connectivity index (χ1n) is 6.99. The molecule has 0 saturated carbocycles. The van der Waals surface area contributed by atoms with Crippen LogP contribution in [0.1, 0.15) is 30.4 Å². The van der Waals surface area contributed by atoms with E-state index in [1.54, 1.807) is 7.11 Å². The van der Waals surface area contributed by atoms with Crippen molar-refractivity contribution in [1.29, 1.82) is 0 Å².